The van der Waals surface area contributed by atoms with Crippen LogP contribution in [0.25, 0.3) is 0 Å². The summed E-state index contributed by atoms with van der Waals surface area (Å²) in [6.45, 7) is 0.310. The largest absolute Gasteiger partial charge is 0.350 e. The van der Waals surface area contributed by atoms with E-state index in [1.165, 1.54) is 12.1 Å². The minimum Gasteiger partial charge on any atom is -0.350 e. The predicted octanol–water partition coefficient (Wildman–Crippen LogP) is 0.890. The molecule has 0 aliphatic rings. The van der Waals surface area contributed by atoms with Gasteiger partial charge in [0.1, 0.15) is 0 Å². The first kappa shape index (κ1) is 14.3. The lowest BCUT2D eigenvalue weighted by Crippen LogP contribution is -2.25. The van der Waals surface area contributed by atoms with E-state index in [0.717, 1.165) is 5.69 Å². The van der Waals surface area contributed by atoms with E-state index in [0.29, 0.717) is 6.54 Å². The van der Waals surface area contributed by atoms with Crippen LogP contribution < -0.4 is 5.32 Å². The van der Waals surface area contributed by atoms with Crippen molar-refractivity contribution in [2.75, 3.05) is 5.75 Å². The van der Waals surface area contributed by atoms with E-state index in [-0.39, 0.29) is 23.0 Å². The molecule has 6 nitrogen and oxygen atoms in total. The van der Waals surface area contributed by atoms with Crippen LogP contribution >= 0.6 is 0 Å². The molecule has 0 atom stereocenters. The number of carbonyl (C=O) groups excluding carboxylic acids is 1. The van der Waals surface area contributed by atoms with Gasteiger partial charge in [0.15, 0.2) is 9.84 Å². The van der Waals surface area contributed by atoms with Crippen LogP contribution in [0.4, 0.5) is 0 Å². The van der Waals surface area contributed by atoms with Crippen LogP contribution in [0.5, 0.6) is 0 Å². The number of aromatic amines is 1. The van der Waals surface area contributed by atoms with E-state index < -0.39 is 9.84 Å². The van der Waals surface area contributed by atoms with Gasteiger partial charge in [-0.05, 0) is 18.2 Å². The van der Waals surface area contributed by atoms with E-state index in [2.05, 4.69) is 15.5 Å². The number of carbonyl (C=O) groups is 1. The first-order valence-corrected chi connectivity index (χ1v) is 7.76. The maximum atomic E-state index is 12.0. The van der Waals surface area contributed by atoms with E-state index >= 15 is 0 Å². The third kappa shape index (κ3) is 3.92. The van der Waals surface area contributed by atoms with E-state index in [1.807, 2.05) is 0 Å². The lowest BCUT2D eigenvalue weighted by atomic mass is 10.4. The molecule has 2 aromatic rings. The lowest BCUT2D eigenvalue weighted by molar-refractivity contribution is -0.120. The van der Waals surface area contributed by atoms with Crippen molar-refractivity contribution in [1.29, 1.82) is 0 Å². The molecule has 20 heavy (non-hydrogen) atoms. The van der Waals surface area contributed by atoms with Gasteiger partial charge in [0, 0.05) is 12.6 Å². The standard InChI is InChI=1S/C13H15N3O3S/c17-13(14-10-11-6-8-15-16-11)7-9-20(18,19)12-4-2-1-3-5-12/h1-6,8H,7,9-10H2,(H,14,17)(H,15,16). The molecule has 1 heterocycles. The average molecular weight is 293 g/mol. The molecule has 0 bridgehead atoms. The van der Waals surface area contributed by atoms with Crippen LogP contribution in [0.2, 0.25) is 0 Å². The molecule has 0 saturated heterocycles. The highest BCUT2D eigenvalue weighted by molar-refractivity contribution is 7.91. The van der Waals surface area contributed by atoms with Crippen molar-refractivity contribution in [3.63, 3.8) is 0 Å². The number of rotatable bonds is 6. The summed E-state index contributed by atoms with van der Waals surface area (Å²) in [4.78, 5) is 11.8. The zero-order valence-electron chi connectivity index (χ0n) is 10.7. The molecular weight excluding hydrogens is 278 g/mol. The molecule has 1 aromatic carbocycles. The minimum absolute atomic E-state index is 0.0641. The number of sulfone groups is 1. The highest BCUT2D eigenvalue weighted by Gasteiger charge is 2.15. The SMILES string of the molecule is O=C(CCS(=O)(=O)c1ccccc1)NCc1ccn[nH]1. The molecule has 0 radical (unpaired) electrons. The molecule has 1 aromatic heterocycles. The Hall–Kier alpha value is -2.15. The van der Waals surface area contributed by atoms with Crippen molar-refractivity contribution >= 4 is 15.7 Å². The zero-order valence-corrected chi connectivity index (χ0v) is 11.6. The van der Waals surface area contributed by atoms with Crippen molar-refractivity contribution in [3.8, 4) is 0 Å². The minimum atomic E-state index is -3.41. The van der Waals surface area contributed by atoms with Crippen LogP contribution in [0.1, 0.15) is 12.1 Å². The van der Waals surface area contributed by atoms with Crippen LogP contribution in [-0.4, -0.2) is 30.3 Å². The maximum Gasteiger partial charge on any atom is 0.221 e. The maximum absolute atomic E-state index is 12.0. The quantitative estimate of drug-likeness (QED) is 0.827. The second-order valence-electron chi connectivity index (χ2n) is 4.24. The Morgan fingerprint density at radius 2 is 1.95 bits per heavy atom. The summed E-state index contributed by atoms with van der Waals surface area (Å²) in [5.74, 6) is -0.509. The van der Waals surface area contributed by atoms with Crippen molar-refractivity contribution in [2.45, 2.75) is 17.9 Å². The number of nitrogens with one attached hydrogen (secondary N) is 2. The summed E-state index contributed by atoms with van der Waals surface area (Å²) in [6, 6.07) is 9.85. The van der Waals surface area contributed by atoms with Gasteiger partial charge in [0.2, 0.25) is 5.91 Å². The number of nitrogens with zero attached hydrogens (tertiary/aromatic N) is 1. The Balaban J connectivity index is 1.84. The Labute approximate surface area is 117 Å². The third-order valence-electron chi connectivity index (χ3n) is 2.73. The van der Waals surface area contributed by atoms with Gasteiger partial charge in [-0.2, -0.15) is 5.10 Å². The lowest BCUT2D eigenvalue weighted by Gasteiger charge is -2.05. The van der Waals surface area contributed by atoms with Gasteiger partial charge in [0.05, 0.1) is 22.9 Å². The number of hydrogen-bond donors (Lipinski definition) is 2. The Morgan fingerprint density at radius 1 is 1.20 bits per heavy atom. The number of aromatic nitrogens is 2. The molecule has 106 valence electrons. The van der Waals surface area contributed by atoms with Gasteiger partial charge < -0.3 is 5.32 Å². The van der Waals surface area contributed by atoms with Gasteiger partial charge in [-0.1, -0.05) is 18.2 Å². The van der Waals surface area contributed by atoms with Crippen LogP contribution in [0.3, 0.4) is 0 Å². The second kappa shape index (κ2) is 6.33. The smallest absolute Gasteiger partial charge is 0.221 e. The van der Waals surface area contributed by atoms with Crippen molar-refractivity contribution < 1.29 is 13.2 Å². The Kier molecular flexibility index (Phi) is 4.52. The summed E-state index contributed by atoms with van der Waals surface area (Å²) in [6.07, 6.45) is 1.52. The highest BCUT2D eigenvalue weighted by atomic mass is 32.2. The summed E-state index contributed by atoms with van der Waals surface area (Å²) < 4.78 is 23.9. The van der Waals surface area contributed by atoms with Crippen LogP contribution in [-0.2, 0) is 21.2 Å². The first-order chi connectivity index (χ1) is 9.58. The summed E-state index contributed by atoms with van der Waals surface area (Å²) >= 11 is 0. The molecule has 0 spiro atoms. The van der Waals surface area contributed by atoms with Crippen molar-refractivity contribution in [3.05, 3.63) is 48.3 Å². The number of H-pyrrole nitrogens is 1. The molecular formula is C13H15N3O3S. The number of benzene rings is 1. The van der Waals surface area contributed by atoms with E-state index in [9.17, 15) is 13.2 Å². The second-order valence-corrected chi connectivity index (χ2v) is 6.35. The van der Waals surface area contributed by atoms with Gasteiger partial charge in [-0.3, -0.25) is 9.89 Å². The van der Waals surface area contributed by atoms with Gasteiger partial charge in [0.25, 0.3) is 0 Å². The van der Waals surface area contributed by atoms with Gasteiger partial charge in [-0.15, -0.1) is 0 Å². The molecule has 0 saturated carbocycles. The Bertz CT molecular complexity index is 651. The molecule has 2 N–H and O–H groups in total. The first-order valence-electron chi connectivity index (χ1n) is 6.11. The predicted molar refractivity (Wildman–Crippen MR) is 73.5 cm³/mol. The fourth-order valence-electron chi connectivity index (χ4n) is 1.64. The van der Waals surface area contributed by atoms with Gasteiger partial charge in [-0.25, -0.2) is 8.42 Å². The fraction of sp³-hybridized carbons (Fsp3) is 0.231. The number of amides is 1. The average Bonchev–Trinajstić information content (AvgIpc) is 2.97. The van der Waals surface area contributed by atoms with Crippen LogP contribution in [0.15, 0.2) is 47.5 Å². The molecule has 0 aliphatic heterocycles. The van der Waals surface area contributed by atoms with Gasteiger partial charge >= 0.3 is 0 Å². The normalized spacial score (nSPS) is 11.2. The monoisotopic (exact) mass is 293 g/mol. The molecule has 0 aliphatic carbocycles. The molecule has 0 unspecified atom stereocenters. The fourth-order valence-corrected chi connectivity index (χ4v) is 2.90. The van der Waals surface area contributed by atoms with Crippen molar-refractivity contribution in [1.82, 2.24) is 15.5 Å². The van der Waals surface area contributed by atoms with Crippen molar-refractivity contribution in [2.24, 2.45) is 0 Å². The Morgan fingerprint density at radius 3 is 2.60 bits per heavy atom. The molecule has 2 rings (SSSR count). The molecule has 0 fully saturated rings. The highest BCUT2D eigenvalue weighted by Crippen LogP contribution is 2.10. The van der Waals surface area contributed by atoms with Crippen LogP contribution in [0, 0.1) is 0 Å². The third-order valence-corrected chi connectivity index (χ3v) is 4.47. The van der Waals surface area contributed by atoms with E-state index in [4.69, 9.17) is 0 Å². The summed E-state index contributed by atoms with van der Waals surface area (Å²) in [5, 5.41) is 9.10. The summed E-state index contributed by atoms with van der Waals surface area (Å²) in [5.41, 5.74) is 0.768. The molecule has 1 amide bonds. The summed E-state index contributed by atoms with van der Waals surface area (Å²) in [7, 11) is -3.41. The number of hydrogen-bond acceptors (Lipinski definition) is 4. The topological polar surface area (TPSA) is 91.9 Å². The molecule has 7 heteroatoms. The van der Waals surface area contributed by atoms with E-state index in [1.54, 1.807) is 30.5 Å². The zero-order chi connectivity index (χ0) is 14.4.